The zero-order valence-electron chi connectivity index (χ0n) is 16.3. The van der Waals surface area contributed by atoms with Gasteiger partial charge < -0.3 is 15.1 Å². The molecular weight excluding hydrogens is 390 g/mol. The summed E-state index contributed by atoms with van der Waals surface area (Å²) in [5.41, 5.74) is 2.74. The van der Waals surface area contributed by atoms with Crippen LogP contribution < -0.4 is 10.2 Å². The highest BCUT2D eigenvalue weighted by Gasteiger charge is 2.22. The Bertz CT molecular complexity index is 1010. The van der Waals surface area contributed by atoms with E-state index < -0.39 is 0 Å². The van der Waals surface area contributed by atoms with Crippen LogP contribution in [0.1, 0.15) is 11.1 Å². The molecule has 0 atom stereocenters. The van der Waals surface area contributed by atoms with Crippen LogP contribution in [-0.4, -0.2) is 57.1 Å². The van der Waals surface area contributed by atoms with Gasteiger partial charge in [-0.3, -0.25) is 0 Å². The van der Waals surface area contributed by atoms with Gasteiger partial charge in [-0.15, -0.1) is 10.2 Å². The topological polar surface area (TPSA) is 79.2 Å². The highest BCUT2D eigenvalue weighted by molar-refractivity contribution is 6.33. The minimum absolute atomic E-state index is 0.146. The minimum Gasteiger partial charge on any atom is -0.352 e. The quantitative estimate of drug-likeness (QED) is 0.715. The number of aryl methyl sites for hydroxylation is 2. The van der Waals surface area contributed by atoms with E-state index in [0.29, 0.717) is 42.7 Å². The Morgan fingerprint density at radius 1 is 1.00 bits per heavy atom. The molecule has 0 unspecified atom stereocenters. The van der Waals surface area contributed by atoms with Gasteiger partial charge in [-0.1, -0.05) is 17.7 Å². The van der Waals surface area contributed by atoms with Gasteiger partial charge in [0.1, 0.15) is 0 Å². The number of nitrogens with zero attached hydrogens (tertiary/aromatic N) is 6. The molecule has 29 heavy (non-hydrogen) atoms. The smallest absolute Gasteiger partial charge is 0.322 e. The van der Waals surface area contributed by atoms with E-state index in [2.05, 4.69) is 25.5 Å². The van der Waals surface area contributed by atoms with Gasteiger partial charge in [0.15, 0.2) is 11.6 Å². The number of amides is 2. The Kier molecular flexibility index (Phi) is 5.35. The summed E-state index contributed by atoms with van der Waals surface area (Å²) in [6.45, 7) is 6.50. The number of anilines is 2. The van der Waals surface area contributed by atoms with Crippen LogP contribution in [-0.2, 0) is 0 Å². The molecule has 1 fully saturated rings. The van der Waals surface area contributed by atoms with Crippen molar-refractivity contribution in [1.29, 1.82) is 0 Å². The average Bonchev–Trinajstić information content (AvgIpc) is 3.17. The number of aromatic nitrogens is 4. The molecule has 8 nitrogen and oxygen atoms in total. The van der Waals surface area contributed by atoms with Crippen molar-refractivity contribution in [2.75, 3.05) is 36.4 Å². The van der Waals surface area contributed by atoms with Gasteiger partial charge in [0, 0.05) is 32.4 Å². The Hall–Kier alpha value is -3.13. The molecule has 0 saturated carbocycles. The summed E-state index contributed by atoms with van der Waals surface area (Å²) in [7, 11) is 0. The van der Waals surface area contributed by atoms with Crippen LogP contribution in [0.15, 0.2) is 42.7 Å². The summed E-state index contributed by atoms with van der Waals surface area (Å²) in [4.78, 5) is 16.5. The lowest BCUT2D eigenvalue weighted by molar-refractivity contribution is 0.208. The predicted octanol–water partition coefficient (Wildman–Crippen LogP) is 3.29. The summed E-state index contributed by atoms with van der Waals surface area (Å²) in [6.07, 6.45) is 3.69. The number of nitrogens with one attached hydrogen (secondary N) is 1. The van der Waals surface area contributed by atoms with E-state index in [4.69, 9.17) is 11.6 Å². The van der Waals surface area contributed by atoms with E-state index in [1.54, 1.807) is 21.8 Å². The standard InChI is InChI=1S/C20H22ClN7O/c1-14-3-4-16(21)17(11-14)23-20(29)27-9-7-26(8-10-27)18-5-6-19(25-24-18)28-13-15(2)12-22-28/h3-6,11-13H,7-10H2,1-2H3,(H,23,29). The zero-order chi connectivity index (χ0) is 20.4. The van der Waals surface area contributed by atoms with E-state index in [1.165, 1.54) is 0 Å². The number of rotatable bonds is 3. The molecule has 2 aromatic heterocycles. The maximum Gasteiger partial charge on any atom is 0.322 e. The van der Waals surface area contributed by atoms with E-state index in [0.717, 1.165) is 16.9 Å². The first-order chi connectivity index (χ1) is 14.0. The van der Waals surface area contributed by atoms with Crippen molar-refractivity contribution >= 4 is 29.1 Å². The van der Waals surface area contributed by atoms with Crippen molar-refractivity contribution in [2.24, 2.45) is 0 Å². The molecule has 0 aliphatic carbocycles. The molecule has 9 heteroatoms. The molecule has 1 aliphatic rings. The maximum atomic E-state index is 12.6. The minimum atomic E-state index is -0.146. The first-order valence-corrected chi connectivity index (χ1v) is 9.80. The molecule has 1 aromatic carbocycles. The Morgan fingerprint density at radius 3 is 2.38 bits per heavy atom. The number of hydrogen-bond acceptors (Lipinski definition) is 5. The first-order valence-electron chi connectivity index (χ1n) is 9.42. The second kappa shape index (κ2) is 8.08. The highest BCUT2D eigenvalue weighted by atomic mass is 35.5. The maximum absolute atomic E-state index is 12.6. The summed E-state index contributed by atoms with van der Waals surface area (Å²) in [6, 6.07) is 9.25. The molecule has 1 saturated heterocycles. The van der Waals surface area contributed by atoms with Gasteiger partial charge in [0.2, 0.25) is 0 Å². The molecule has 0 bridgehead atoms. The lowest BCUT2D eigenvalue weighted by Gasteiger charge is -2.35. The van der Waals surface area contributed by atoms with Crippen LogP contribution in [0.5, 0.6) is 0 Å². The number of hydrogen-bond donors (Lipinski definition) is 1. The van der Waals surface area contributed by atoms with E-state index in [9.17, 15) is 4.79 Å². The lowest BCUT2D eigenvalue weighted by Crippen LogP contribution is -2.50. The molecular formula is C20H22ClN7O. The fraction of sp³-hybridized carbons (Fsp3) is 0.300. The van der Waals surface area contributed by atoms with Gasteiger partial charge in [-0.05, 0) is 49.2 Å². The van der Waals surface area contributed by atoms with Crippen molar-refractivity contribution in [3.05, 3.63) is 58.9 Å². The van der Waals surface area contributed by atoms with Crippen LogP contribution in [0.3, 0.4) is 0 Å². The van der Waals surface area contributed by atoms with Gasteiger partial charge in [-0.25, -0.2) is 9.48 Å². The SMILES string of the molecule is Cc1ccc(Cl)c(NC(=O)N2CCN(c3ccc(-n4cc(C)cn4)nn3)CC2)c1. The van der Waals surface area contributed by atoms with Crippen molar-refractivity contribution in [1.82, 2.24) is 24.9 Å². The molecule has 1 N–H and O–H groups in total. The fourth-order valence-electron chi connectivity index (χ4n) is 3.21. The molecule has 2 amide bonds. The number of benzene rings is 1. The largest absolute Gasteiger partial charge is 0.352 e. The number of halogens is 1. The van der Waals surface area contributed by atoms with Gasteiger partial charge in [0.25, 0.3) is 0 Å². The second-order valence-electron chi connectivity index (χ2n) is 7.10. The van der Waals surface area contributed by atoms with Gasteiger partial charge in [-0.2, -0.15) is 5.10 Å². The summed E-state index contributed by atoms with van der Waals surface area (Å²) >= 11 is 6.18. The number of carbonyl (C=O) groups is 1. The lowest BCUT2D eigenvalue weighted by atomic mass is 10.2. The van der Waals surface area contributed by atoms with Crippen LogP contribution in [0.2, 0.25) is 5.02 Å². The number of piperazine rings is 1. The average molecular weight is 412 g/mol. The molecule has 1 aliphatic heterocycles. The third kappa shape index (κ3) is 4.32. The number of urea groups is 1. The van der Waals surface area contributed by atoms with E-state index in [1.807, 2.05) is 44.3 Å². The summed E-state index contributed by atoms with van der Waals surface area (Å²) < 4.78 is 1.70. The van der Waals surface area contributed by atoms with Gasteiger partial charge in [0.05, 0.1) is 16.9 Å². The molecule has 4 rings (SSSR count). The third-order valence-corrected chi connectivity index (χ3v) is 5.17. The van der Waals surface area contributed by atoms with E-state index >= 15 is 0 Å². The van der Waals surface area contributed by atoms with Crippen molar-refractivity contribution in [3.63, 3.8) is 0 Å². The molecule has 3 aromatic rings. The Labute approximate surface area is 174 Å². The van der Waals surface area contributed by atoms with Crippen LogP contribution in [0.25, 0.3) is 5.82 Å². The molecule has 0 radical (unpaired) electrons. The van der Waals surface area contributed by atoms with Crippen LogP contribution in [0, 0.1) is 13.8 Å². The normalized spacial score (nSPS) is 14.2. The van der Waals surface area contributed by atoms with Crippen LogP contribution in [0.4, 0.5) is 16.3 Å². The fourth-order valence-corrected chi connectivity index (χ4v) is 3.38. The number of carbonyl (C=O) groups excluding carboxylic acids is 1. The summed E-state index contributed by atoms with van der Waals surface area (Å²) in [5.74, 6) is 1.47. The zero-order valence-corrected chi connectivity index (χ0v) is 17.1. The van der Waals surface area contributed by atoms with Gasteiger partial charge >= 0.3 is 6.03 Å². The molecule has 3 heterocycles. The van der Waals surface area contributed by atoms with Crippen molar-refractivity contribution in [3.8, 4) is 5.82 Å². The first kappa shape index (κ1) is 19.2. The predicted molar refractivity (Wildman–Crippen MR) is 113 cm³/mol. The van der Waals surface area contributed by atoms with E-state index in [-0.39, 0.29) is 6.03 Å². The second-order valence-corrected chi connectivity index (χ2v) is 7.51. The molecule has 0 spiro atoms. The van der Waals surface area contributed by atoms with Crippen LogP contribution >= 0.6 is 11.6 Å². The Balaban J connectivity index is 1.35. The molecule has 150 valence electrons. The highest BCUT2D eigenvalue weighted by Crippen LogP contribution is 2.23. The Morgan fingerprint density at radius 2 is 1.72 bits per heavy atom. The third-order valence-electron chi connectivity index (χ3n) is 4.84. The van der Waals surface area contributed by atoms with Crippen molar-refractivity contribution < 1.29 is 4.79 Å². The summed E-state index contributed by atoms with van der Waals surface area (Å²) in [5, 5.41) is 16.3. The van der Waals surface area contributed by atoms with Crippen molar-refractivity contribution in [2.45, 2.75) is 13.8 Å². The monoisotopic (exact) mass is 411 g/mol.